The SMILES string of the molecule is O=S(=O)(CC1CCOCC1)N1CCN(c2cccc(O)c2)CC1. The summed E-state index contributed by atoms with van der Waals surface area (Å²) in [5.41, 5.74) is 0.937. The Kier molecular flexibility index (Phi) is 5.08. The zero-order valence-corrected chi connectivity index (χ0v) is 14.0. The van der Waals surface area contributed by atoms with Crippen molar-refractivity contribution in [3.63, 3.8) is 0 Å². The van der Waals surface area contributed by atoms with Gasteiger partial charge in [0.1, 0.15) is 5.75 Å². The van der Waals surface area contributed by atoms with E-state index in [1.54, 1.807) is 22.5 Å². The van der Waals surface area contributed by atoms with E-state index in [0.717, 1.165) is 18.5 Å². The summed E-state index contributed by atoms with van der Waals surface area (Å²) < 4.78 is 32.1. The second-order valence-electron chi connectivity index (χ2n) is 6.24. The van der Waals surface area contributed by atoms with Gasteiger partial charge in [0.2, 0.25) is 10.0 Å². The van der Waals surface area contributed by atoms with Gasteiger partial charge in [-0.05, 0) is 30.9 Å². The van der Waals surface area contributed by atoms with E-state index in [9.17, 15) is 13.5 Å². The Labute approximate surface area is 137 Å². The summed E-state index contributed by atoms with van der Waals surface area (Å²) in [6.07, 6.45) is 1.67. The van der Waals surface area contributed by atoms with Crippen LogP contribution in [0.2, 0.25) is 0 Å². The van der Waals surface area contributed by atoms with Crippen LogP contribution in [-0.4, -0.2) is 63.0 Å². The molecule has 23 heavy (non-hydrogen) atoms. The molecule has 3 rings (SSSR count). The maximum atomic E-state index is 12.6. The topological polar surface area (TPSA) is 70.1 Å². The maximum Gasteiger partial charge on any atom is 0.214 e. The molecular formula is C16H24N2O4S. The lowest BCUT2D eigenvalue weighted by molar-refractivity contribution is 0.0720. The molecule has 0 amide bonds. The number of piperazine rings is 1. The monoisotopic (exact) mass is 340 g/mol. The molecule has 2 heterocycles. The number of phenolic OH excluding ortho intramolecular Hbond substituents is 1. The fraction of sp³-hybridized carbons (Fsp3) is 0.625. The van der Waals surface area contributed by atoms with Crippen LogP contribution in [0.15, 0.2) is 24.3 Å². The van der Waals surface area contributed by atoms with Gasteiger partial charge in [-0.1, -0.05) is 6.07 Å². The number of phenols is 1. The second-order valence-corrected chi connectivity index (χ2v) is 8.25. The summed E-state index contributed by atoms with van der Waals surface area (Å²) in [5, 5.41) is 9.56. The van der Waals surface area contributed by atoms with E-state index in [4.69, 9.17) is 4.74 Å². The quantitative estimate of drug-likeness (QED) is 0.894. The number of rotatable bonds is 4. The normalized spacial score (nSPS) is 21.5. The molecule has 0 unspecified atom stereocenters. The average molecular weight is 340 g/mol. The molecule has 0 spiro atoms. The molecule has 0 bridgehead atoms. The number of nitrogens with zero attached hydrogens (tertiary/aromatic N) is 2. The van der Waals surface area contributed by atoms with Crippen LogP contribution in [-0.2, 0) is 14.8 Å². The van der Waals surface area contributed by atoms with Gasteiger partial charge in [-0.25, -0.2) is 8.42 Å². The predicted molar refractivity (Wildman–Crippen MR) is 89.2 cm³/mol. The number of hydrogen-bond acceptors (Lipinski definition) is 5. The van der Waals surface area contributed by atoms with Crippen molar-refractivity contribution >= 4 is 15.7 Å². The standard InChI is InChI=1S/C16H24N2O4S/c19-16-3-1-2-15(12-16)17-6-8-18(9-7-17)23(20,21)13-14-4-10-22-11-5-14/h1-3,12,14,19H,4-11,13H2. The van der Waals surface area contributed by atoms with Crippen LogP contribution in [0.4, 0.5) is 5.69 Å². The van der Waals surface area contributed by atoms with E-state index in [0.29, 0.717) is 39.4 Å². The Bertz CT molecular complexity index is 621. The van der Waals surface area contributed by atoms with Gasteiger partial charge in [0, 0.05) is 51.1 Å². The molecule has 2 saturated heterocycles. The van der Waals surface area contributed by atoms with Crippen molar-refractivity contribution in [1.82, 2.24) is 4.31 Å². The molecule has 1 aromatic rings. The highest BCUT2D eigenvalue weighted by atomic mass is 32.2. The number of anilines is 1. The Morgan fingerprint density at radius 2 is 1.83 bits per heavy atom. The van der Waals surface area contributed by atoms with Crippen molar-refractivity contribution < 1.29 is 18.3 Å². The van der Waals surface area contributed by atoms with Crippen molar-refractivity contribution in [3.05, 3.63) is 24.3 Å². The first kappa shape index (κ1) is 16.5. The van der Waals surface area contributed by atoms with Crippen molar-refractivity contribution in [2.75, 3.05) is 50.0 Å². The van der Waals surface area contributed by atoms with Gasteiger partial charge < -0.3 is 14.7 Å². The van der Waals surface area contributed by atoms with Gasteiger partial charge in [-0.3, -0.25) is 0 Å². The lowest BCUT2D eigenvalue weighted by atomic mass is 10.0. The Morgan fingerprint density at radius 3 is 2.48 bits per heavy atom. The molecule has 1 N–H and O–H groups in total. The first-order valence-electron chi connectivity index (χ1n) is 8.14. The van der Waals surface area contributed by atoms with E-state index in [2.05, 4.69) is 4.90 Å². The Balaban J connectivity index is 1.57. The van der Waals surface area contributed by atoms with Gasteiger partial charge in [0.05, 0.1) is 5.75 Å². The molecule has 2 fully saturated rings. The van der Waals surface area contributed by atoms with Crippen LogP contribution in [0.3, 0.4) is 0 Å². The summed E-state index contributed by atoms with van der Waals surface area (Å²) in [6.45, 7) is 3.65. The van der Waals surface area contributed by atoms with Crippen molar-refractivity contribution in [1.29, 1.82) is 0 Å². The summed E-state index contributed by atoms with van der Waals surface area (Å²) in [5.74, 6) is 0.692. The van der Waals surface area contributed by atoms with Gasteiger partial charge in [-0.15, -0.1) is 0 Å². The minimum atomic E-state index is -3.20. The molecular weight excluding hydrogens is 316 g/mol. The molecule has 0 aliphatic carbocycles. The van der Waals surface area contributed by atoms with E-state index in [1.165, 1.54) is 0 Å². The number of aromatic hydroxyl groups is 1. The van der Waals surface area contributed by atoms with E-state index in [1.807, 2.05) is 6.07 Å². The van der Waals surface area contributed by atoms with Crippen molar-refractivity contribution in [2.45, 2.75) is 12.8 Å². The molecule has 2 aliphatic rings. The smallest absolute Gasteiger partial charge is 0.214 e. The highest BCUT2D eigenvalue weighted by molar-refractivity contribution is 7.89. The van der Waals surface area contributed by atoms with Crippen LogP contribution >= 0.6 is 0 Å². The minimum absolute atomic E-state index is 0.220. The highest BCUT2D eigenvalue weighted by Crippen LogP contribution is 2.23. The highest BCUT2D eigenvalue weighted by Gasteiger charge is 2.30. The number of sulfonamides is 1. The third-order valence-electron chi connectivity index (χ3n) is 4.61. The first-order chi connectivity index (χ1) is 11.0. The lowest BCUT2D eigenvalue weighted by Gasteiger charge is -2.36. The zero-order valence-electron chi connectivity index (χ0n) is 13.2. The van der Waals surface area contributed by atoms with Gasteiger partial charge in [0.25, 0.3) is 0 Å². The van der Waals surface area contributed by atoms with Gasteiger partial charge in [0.15, 0.2) is 0 Å². The van der Waals surface area contributed by atoms with Gasteiger partial charge in [-0.2, -0.15) is 4.31 Å². The summed E-state index contributed by atoms with van der Waals surface area (Å²) in [7, 11) is -3.20. The van der Waals surface area contributed by atoms with Crippen molar-refractivity contribution in [3.8, 4) is 5.75 Å². The molecule has 0 radical (unpaired) electrons. The molecule has 7 heteroatoms. The molecule has 6 nitrogen and oxygen atoms in total. The van der Waals surface area contributed by atoms with Crippen LogP contribution < -0.4 is 4.90 Å². The van der Waals surface area contributed by atoms with Crippen molar-refractivity contribution in [2.24, 2.45) is 5.92 Å². The molecule has 0 atom stereocenters. The van der Waals surface area contributed by atoms with Gasteiger partial charge >= 0.3 is 0 Å². The Hall–Kier alpha value is -1.31. The number of hydrogen-bond donors (Lipinski definition) is 1. The second kappa shape index (κ2) is 7.07. The number of ether oxygens (including phenoxy) is 1. The molecule has 0 saturated carbocycles. The summed E-state index contributed by atoms with van der Waals surface area (Å²) in [4.78, 5) is 2.11. The maximum absolute atomic E-state index is 12.6. The third kappa shape index (κ3) is 4.16. The third-order valence-corrected chi connectivity index (χ3v) is 6.66. The summed E-state index contributed by atoms with van der Waals surface area (Å²) >= 11 is 0. The molecule has 2 aliphatic heterocycles. The van der Waals surface area contributed by atoms with Crippen LogP contribution in [0.5, 0.6) is 5.75 Å². The Morgan fingerprint density at radius 1 is 1.13 bits per heavy atom. The average Bonchev–Trinajstić information content (AvgIpc) is 2.55. The van der Waals surface area contributed by atoms with Crippen LogP contribution in [0.1, 0.15) is 12.8 Å². The zero-order chi connectivity index (χ0) is 16.3. The number of benzene rings is 1. The van der Waals surface area contributed by atoms with Crippen LogP contribution in [0.25, 0.3) is 0 Å². The molecule has 128 valence electrons. The molecule has 0 aromatic heterocycles. The van der Waals surface area contributed by atoms with E-state index < -0.39 is 10.0 Å². The van der Waals surface area contributed by atoms with E-state index >= 15 is 0 Å². The van der Waals surface area contributed by atoms with E-state index in [-0.39, 0.29) is 17.4 Å². The largest absolute Gasteiger partial charge is 0.508 e. The lowest BCUT2D eigenvalue weighted by Crippen LogP contribution is -2.50. The fourth-order valence-corrected chi connectivity index (χ4v) is 5.09. The predicted octanol–water partition coefficient (Wildman–Crippen LogP) is 1.27. The fourth-order valence-electron chi connectivity index (χ4n) is 3.23. The first-order valence-corrected chi connectivity index (χ1v) is 9.75. The van der Waals surface area contributed by atoms with Crippen LogP contribution in [0, 0.1) is 5.92 Å². The molecule has 1 aromatic carbocycles. The minimum Gasteiger partial charge on any atom is -0.508 e. The summed E-state index contributed by atoms with van der Waals surface area (Å²) in [6, 6.07) is 7.09.